The van der Waals surface area contributed by atoms with Crippen LogP contribution in [-0.4, -0.2) is 52.8 Å². The van der Waals surface area contributed by atoms with Crippen LogP contribution >= 0.6 is 0 Å². The second-order valence-corrected chi connectivity index (χ2v) is 6.44. The second-order valence-electron chi connectivity index (χ2n) is 6.44. The van der Waals surface area contributed by atoms with Crippen LogP contribution in [0, 0.1) is 0 Å². The molecule has 1 aromatic carbocycles. The van der Waals surface area contributed by atoms with E-state index in [-0.39, 0.29) is 0 Å². The Morgan fingerprint density at radius 2 is 1.95 bits per heavy atom. The summed E-state index contributed by atoms with van der Waals surface area (Å²) in [4.78, 5) is 4.97. The van der Waals surface area contributed by atoms with Gasteiger partial charge in [0.25, 0.3) is 0 Å². The average Bonchev–Trinajstić information content (AvgIpc) is 2.95. The van der Waals surface area contributed by atoms with E-state index in [4.69, 9.17) is 0 Å². The van der Waals surface area contributed by atoms with Crippen molar-refractivity contribution in [2.24, 2.45) is 0 Å². The standard InChI is InChI=1S/C18H26N4/c1-20(2)17-5-3-12-21(14-10-17)15-16-6-8-18(9-7-16)22-13-4-11-19-22/h4,6-9,11,13,17H,3,5,10,12,14-15H2,1-2H3. The van der Waals surface area contributed by atoms with Gasteiger partial charge in [-0.05, 0) is 70.2 Å². The first-order valence-electron chi connectivity index (χ1n) is 8.20. The third kappa shape index (κ3) is 3.76. The maximum absolute atomic E-state index is 4.27. The van der Waals surface area contributed by atoms with Crippen molar-refractivity contribution in [2.45, 2.75) is 31.8 Å². The van der Waals surface area contributed by atoms with Gasteiger partial charge in [0.05, 0.1) is 5.69 Å². The molecular weight excluding hydrogens is 272 g/mol. The van der Waals surface area contributed by atoms with Crippen LogP contribution < -0.4 is 0 Å². The third-order valence-electron chi connectivity index (χ3n) is 4.63. The van der Waals surface area contributed by atoms with E-state index in [1.165, 1.54) is 37.9 Å². The summed E-state index contributed by atoms with van der Waals surface area (Å²) in [5.74, 6) is 0. The zero-order valence-electron chi connectivity index (χ0n) is 13.7. The van der Waals surface area contributed by atoms with Gasteiger partial charge in [-0.15, -0.1) is 0 Å². The van der Waals surface area contributed by atoms with Gasteiger partial charge in [-0.3, -0.25) is 4.90 Å². The molecule has 1 unspecified atom stereocenters. The Morgan fingerprint density at radius 3 is 2.64 bits per heavy atom. The molecule has 2 heterocycles. The SMILES string of the molecule is CN(C)C1CCCN(Cc2ccc(-n3cccn3)cc2)CC1. The summed E-state index contributed by atoms with van der Waals surface area (Å²) >= 11 is 0. The molecule has 1 atom stereocenters. The van der Waals surface area contributed by atoms with Crippen molar-refractivity contribution in [3.05, 3.63) is 48.3 Å². The summed E-state index contributed by atoms with van der Waals surface area (Å²) in [6.07, 6.45) is 7.69. The lowest BCUT2D eigenvalue weighted by Gasteiger charge is -2.23. The third-order valence-corrected chi connectivity index (χ3v) is 4.63. The summed E-state index contributed by atoms with van der Waals surface area (Å²) in [7, 11) is 4.41. The maximum Gasteiger partial charge on any atom is 0.0645 e. The van der Waals surface area contributed by atoms with Crippen LogP contribution in [0.5, 0.6) is 0 Å². The van der Waals surface area contributed by atoms with E-state index in [9.17, 15) is 0 Å². The van der Waals surface area contributed by atoms with Crippen LogP contribution in [0.4, 0.5) is 0 Å². The normalized spacial score (nSPS) is 20.2. The minimum absolute atomic E-state index is 0.743. The highest BCUT2D eigenvalue weighted by Crippen LogP contribution is 2.17. The molecule has 1 aliphatic heterocycles. The van der Waals surface area contributed by atoms with Gasteiger partial charge >= 0.3 is 0 Å². The lowest BCUT2D eigenvalue weighted by Crippen LogP contribution is -2.29. The summed E-state index contributed by atoms with van der Waals surface area (Å²) in [5, 5.41) is 4.27. The average molecular weight is 298 g/mol. The molecule has 4 nitrogen and oxygen atoms in total. The number of rotatable bonds is 4. The second kappa shape index (κ2) is 7.07. The predicted octanol–water partition coefficient (Wildman–Crippen LogP) is 2.79. The van der Waals surface area contributed by atoms with Gasteiger partial charge in [-0.25, -0.2) is 4.68 Å². The molecule has 0 N–H and O–H groups in total. The fourth-order valence-corrected chi connectivity index (χ4v) is 3.25. The van der Waals surface area contributed by atoms with Crippen LogP contribution in [0.2, 0.25) is 0 Å². The first-order valence-corrected chi connectivity index (χ1v) is 8.20. The first kappa shape index (κ1) is 15.3. The zero-order valence-corrected chi connectivity index (χ0v) is 13.7. The van der Waals surface area contributed by atoms with Gasteiger partial charge in [0.2, 0.25) is 0 Å². The number of aromatic nitrogens is 2. The molecule has 0 aliphatic carbocycles. The van der Waals surface area contributed by atoms with E-state index in [1.807, 2.05) is 23.1 Å². The largest absolute Gasteiger partial charge is 0.306 e. The molecule has 0 radical (unpaired) electrons. The Morgan fingerprint density at radius 1 is 1.14 bits per heavy atom. The van der Waals surface area contributed by atoms with Crippen molar-refractivity contribution in [2.75, 3.05) is 27.2 Å². The molecule has 1 aromatic heterocycles. The van der Waals surface area contributed by atoms with Gasteiger partial charge < -0.3 is 4.90 Å². The van der Waals surface area contributed by atoms with E-state index < -0.39 is 0 Å². The Labute approximate surface area is 133 Å². The van der Waals surface area contributed by atoms with Crippen LogP contribution in [0.3, 0.4) is 0 Å². The smallest absolute Gasteiger partial charge is 0.0645 e. The molecule has 1 saturated heterocycles. The molecular formula is C18H26N4. The predicted molar refractivity (Wildman–Crippen MR) is 90.2 cm³/mol. The summed E-state index contributed by atoms with van der Waals surface area (Å²) in [6.45, 7) is 3.47. The topological polar surface area (TPSA) is 24.3 Å². The molecule has 4 heteroatoms. The van der Waals surface area contributed by atoms with E-state index >= 15 is 0 Å². The molecule has 0 bridgehead atoms. The first-order chi connectivity index (χ1) is 10.7. The summed E-state index contributed by atoms with van der Waals surface area (Å²) in [6, 6.07) is 11.5. The number of hydrogen-bond donors (Lipinski definition) is 0. The van der Waals surface area contributed by atoms with E-state index in [2.05, 4.69) is 53.3 Å². The molecule has 0 saturated carbocycles. The maximum atomic E-state index is 4.27. The van der Waals surface area contributed by atoms with Crippen molar-refractivity contribution >= 4 is 0 Å². The van der Waals surface area contributed by atoms with E-state index in [1.54, 1.807) is 0 Å². The summed E-state index contributed by atoms with van der Waals surface area (Å²) < 4.78 is 1.90. The van der Waals surface area contributed by atoms with Crippen molar-refractivity contribution < 1.29 is 0 Å². The lowest BCUT2D eigenvalue weighted by atomic mass is 10.1. The molecule has 3 rings (SSSR count). The molecule has 1 aliphatic rings. The number of likely N-dealkylation sites (tertiary alicyclic amines) is 1. The van der Waals surface area contributed by atoms with Crippen molar-refractivity contribution in [3.8, 4) is 5.69 Å². The van der Waals surface area contributed by atoms with Gasteiger partial charge in [0, 0.05) is 25.0 Å². The Kier molecular flexibility index (Phi) is 4.90. The Bertz CT molecular complexity index is 559. The van der Waals surface area contributed by atoms with Gasteiger partial charge in [0.1, 0.15) is 0 Å². The fourth-order valence-electron chi connectivity index (χ4n) is 3.25. The Balaban J connectivity index is 1.59. The molecule has 118 valence electrons. The minimum Gasteiger partial charge on any atom is -0.306 e. The highest BCUT2D eigenvalue weighted by Gasteiger charge is 2.18. The van der Waals surface area contributed by atoms with E-state index in [0.717, 1.165) is 18.3 Å². The van der Waals surface area contributed by atoms with Gasteiger partial charge in [-0.2, -0.15) is 5.10 Å². The van der Waals surface area contributed by atoms with Gasteiger partial charge in [-0.1, -0.05) is 12.1 Å². The van der Waals surface area contributed by atoms with E-state index in [0.29, 0.717) is 0 Å². The number of benzene rings is 1. The molecule has 2 aromatic rings. The highest BCUT2D eigenvalue weighted by atomic mass is 15.3. The highest BCUT2D eigenvalue weighted by molar-refractivity contribution is 5.33. The molecule has 0 amide bonds. The zero-order chi connectivity index (χ0) is 15.4. The Hall–Kier alpha value is -1.65. The van der Waals surface area contributed by atoms with Crippen molar-refractivity contribution in [1.82, 2.24) is 19.6 Å². The lowest BCUT2D eigenvalue weighted by molar-refractivity contribution is 0.245. The molecule has 1 fully saturated rings. The summed E-state index contributed by atoms with van der Waals surface area (Å²) in [5.41, 5.74) is 2.51. The quantitative estimate of drug-likeness (QED) is 0.867. The van der Waals surface area contributed by atoms with Crippen molar-refractivity contribution in [1.29, 1.82) is 0 Å². The molecule has 22 heavy (non-hydrogen) atoms. The van der Waals surface area contributed by atoms with Crippen molar-refractivity contribution in [3.63, 3.8) is 0 Å². The van der Waals surface area contributed by atoms with Gasteiger partial charge in [0.15, 0.2) is 0 Å². The fraction of sp³-hybridized carbons (Fsp3) is 0.500. The molecule has 0 spiro atoms. The van der Waals surface area contributed by atoms with Crippen LogP contribution in [0.15, 0.2) is 42.7 Å². The number of hydrogen-bond acceptors (Lipinski definition) is 3. The van der Waals surface area contributed by atoms with Crippen LogP contribution in [-0.2, 0) is 6.54 Å². The monoisotopic (exact) mass is 298 g/mol. The minimum atomic E-state index is 0.743. The van der Waals surface area contributed by atoms with Crippen LogP contribution in [0.1, 0.15) is 24.8 Å². The number of nitrogens with zero attached hydrogens (tertiary/aromatic N) is 4. The van der Waals surface area contributed by atoms with Crippen LogP contribution in [0.25, 0.3) is 5.69 Å².